The van der Waals surface area contributed by atoms with E-state index >= 15 is 0 Å². The Morgan fingerprint density at radius 2 is 2.00 bits per heavy atom. The fourth-order valence-electron chi connectivity index (χ4n) is 1.68. The van der Waals surface area contributed by atoms with Gasteiger partial charge in [-0.2, -0.15) is 0 Å². The maximum absolute atomic E-state index is 3.62. The third kappa shape index (κ3) is 4.66. The van der Waals surface area contributed by atoms with Gasteiger partial charge in [0.1, 0.15) is 0 Å². The summed E-state index contributed by atoms with van der Waals surface area (Å²) in [7, 11) is 0. The summed E-state index contributed by atoms with van der Waals surface area (Å²) < 4.78 is 0. The smallest absolute Gasteiger partial charge is 0.00642 e. The van der Waals surface area contributed by atoms with Gasteiger partial charge in [-0.25, -0.2) is 0 Å². The second kappa shape index (κ2) is 5.64. The van der Waals surface area contributed by atoms with Crippen LogP contribution in [0.4, 0.5) is 0 Å². The van der Waals surface area contributed by atoms with Crippen LogP contribution in [0.25, 0.3) is 0 Å². The van der Waals surface area contributed by atoms with Crippen LogP contribution < -0.4 is 5.32 Å². The molecule has 0 radical (unpaired) electrons. The predicted molar refractivity (Wildman–Crippen MR) is 58.9 cm³/mol. The topological polar surface area (TPSA) is 12.0 Å². The Kier molecular flexibility index (Phi) is 4.79. The molecular weight excluding hydrogens is 158 g/mol. The zero-order valence-corrected chi connectivity index (χ0v) is 9.47. The molecule has 1 rings (SSSR count). The zero-order chi connectivity index (χ0) is 9.68. The van der Waals surface area contributed by atoms with Gasteiger partial charge in [0, 0.05) is 6.04 Å². The van der Waals surface area contributed by atoms with E-state index in [0.717, 1.165) is 11.8 Å². The summed E-state index contributed by atoms with van der Waals surface area (Å²) in [6.45, 7) is 8.14. The SMILES string of the molecule is CCC(C)C(C)NCCCC1CC1. The highest BCUT2D eigenvalue weighted by Gasteiger charge is 2.20. The Balaban J connectivity index is 1.90. The predicted octanol–water partition coefficient (Wildman–Crippen LogP) is 3.20. The molecule has 0 saturated heterocycles. The van der Waals surface area contributed by atoms with Gasteiger partial charge in [0.2, 0.25) is 0 Å². The lowest BCUT2D eigenvalue weighted by Crippen LogP contribution is -2.32. The Bertz CT molecular complexity index is 129. The van der Waals surface area contributed by atoms with Crippen LogP contribution >= 0.6 is 0 Å². The first kappa shape index (κ1) is 11.0. The lowest BCUT2D eigenvalue weighted by molar-refractivity contribution is 0.385. The van der Waals surface area contributed by atoms with Crippen LogP contribution in [0.3, 0.4) is 0 Å². The minimum Gasteiger partial charge on any atom is -0.314 e. The van der Waals surface area contributed by atoms with E-state index in [0.29, 0.717) is 6.04 Å². The molecule has 1 heteroatoms. The van der Waals surface area contributed by atoms with E-state index in [1.165, 1.54) is 38.6 Å². The van der Waals surface area contributed by atoms with Crippen molar-refractivity contribution in [3.63, 3.8) is 0 Å². The highest BCUT2D eigenvalue weighted by molar-refractivity contribution is 4.74. The van der Waals surface area contributed by atoms with E-state index in [4.69, 9.17) is 0 Å². The van der Waals surface area contributed by atoms with Gasteiger partial charge in [-0.1, -0.05) is 33.1 Å². The molecular formula is C12H25N. The van der Waals surface area contributed by atoms with Gasteiger partial charge in [0.15, 0.2) is 0 Å². The maximum Gasteiger partial charge on any atom is 0.00642 e. The van der Waals surface area contributed by atoms with Gasteiger partial charge >= 0.3 is 0 Å². The average Bonchev–Trinajstić information content (AvgIpc) is 2.94. The molecule has 1 N–H and O–H groups in total. The fourth-order valence-corrected chi connectivity index (χ4v) is 1.68. The van der Waals surface area contributed by atoms with Crippen molar-refractivity contribution in [3.05, 3.63) is 0 Å². The summed E-state index contributed by atoms with van der Waals surface area (Å²) in [4.78, 5) is 0. The first-order chi connectivity index (χ1) is 6.24. The number of hydrogen-bond donors (Lipinski definition) is 1. The minimum atomic E-state index is 0.698. The van der Waals surface area contributed by atoms with Crippen LogP contribution in [0.2, 0.25) is 0 Å². The summed E-state index contributed by atoms with van der Waals surface area (Å²) >= 11 is 0. The molecule has 2 atom stereocenters. The molecule has 2 unspecified atom stereocenters. The molecule has 0 aromatic rings. The van der Waals surface area contributed by atoms with Crippen molar-refractivity contribution in [3.8, 4) is 0 Å². The third-order valence-electron chi connectivity index (χ3n) is 3.45. The summed E-state index contributed by atoms with van der Waals surface area (Å²) in [5, 5.41) is 3.62. The highest BCUT2D eigenvalue weighted by Crippen LogP contribution is 2.33. The minimum absolute atomic E-state index is 0.698. The molecule has 1 aliphatic rings. The van der Waals surface area contributed by atoms with Gasteiger partial charge in [-0.3, -0.25) is 0 Å². The summed E-state index contributed by atoms with van der Waals surface area (Å²) in [5.74, 6) is 1.92. The molecule has 0 aliphatic heterocycles. The van der Waals surface area contributed by atoms with Crippen molar-refractivity contribution in [2.75, 3.05) is 6.54 Å². The van der Waals surface area contributed by atoms with Gasteiger partial charge in [-0.05, 0) is 38.1 Å². The van der Waals surface area contributed by atoms with E-state index in [1.54, 1.807) is 0 Å². The van der Waals surface area contributed by atoms with Crippen molar-refractivity contribution in [2.24, 2.45) is 11.8 Å². The van der Waals surface area contributed by atoms with E-state index in [1.807, 2.05) is 0 Å². The summed E-state index contributed by atoms with van der Waals surface area (Å²) in [5.41, 5.74) is 0. The van der Waals surface area contributed by atoms with Crippen molar-refractivity contribution < 1.29 is 0 Å². The molecule has 0 spiro atoms. The molecule has 0 bridgehead atoms. The quantitative estimate of drug-likeness (QED) is 0.598. The summed E-state index contributed by atoms with van der Waals surface area (Å²) in [6, 6.07) is 0.698. The van der Waals surface area contributed by atoms with E-state index in [-0.39, 0.29) is 0 Å². The Labute approximate surface area is 83.3 Å². The maximum atomic E-state index is 3.62. The van der Waals surface area contributed by atoms with Crippen LogP contribution in [0, 0.1) is 11.8 Å². The monoisotopic (exact) mass is 183 g/mol. The second-order valence-electron chi connectivity index (χ2n) is 4.71. The molecule has 0 aromatic heterocycles. The van der Waals surface area contributed by atoms with E-state index in [2.05, 4.69) is 26.1 Å². The van der Waals surface area contributed by atoms with Gasteiger partial charge < -0.3 is 5.32 Å². The van der Waals surface area contributed by atoms with E-state index in [9.17, 15) is 0 Å². The van der Waals surface area contributed by atoms with Crippen LogP contribution in [0.15, 0.2) is 0 Å². The van der Waals surface area contributed by atoms with Crippen molar-refractivity contribution >= 4 is 0 Å². The van der Waals surface area contributed by atoms with Gasteiger partial charge in [0.05, 0.1) is 0 Å². The van der Waals surface area contributed by atoms with E-state index < -0.39 is 0 Å². The Morgan fingerprint density at radius 3 is 2.54 bits per heavy atom. The summed E-state index contributed by atoms with van der Waals surface area (Å²) in [6.07, 6.45) is 7.13. The number of rotatable bonds is 7. The molecule has 0 heterocycles. The van der Waals surface area contributed by atoms with Gasteiger partial charge in [0.25, 0.3) is 0 Å². The third-order valence-corrected chi connectivity index (χ3v) is 3.45. The fraction of sp³-hybridized carbons (Fsp3) is 1.00. The molecule has 1 saturated carbocycles. The van der Waals surface area contributed by atoms with Crippen molar-refractivity contribution in [1.29, 1.82) is 0 Å². The van der Waals surface area contributed by atoms with Crippen LogP contribution in [0.5, 0.6) is 0 Å². The molecule has 13 heavy (non-hydrogen) atoms. The largest absolute Gasteiger partial charge is 0.314 e. The van der Waals surface area contributed by atoms with Crippen molar-refractivity contribution in [1.82, 2.24) is 5.32 Å². The lowest BCUT2D eigenvalue weighted by atomic mass is 10.0. The highest BCUT2D eigenvalue weighted by atomic mass is 14.9. The van der Waals surface area contributed by atoms with Crippen molar-refractivity contribution in [2.45, 2.75) is 58.9 Å². The number of nitrogens with one attached hydrogen (secondary N) is 1. The second-order valence-corrected chi connectivity index (χ2v) is 4.71. The normalized spacial score (nSPS) is 21.5. The van der Waals surface area contributed by atoms with Gasteiger partial charge in [-0.15, -0.1) is 0 Å². The molecule has 1 aliphatic carbocycles. The lowest BCUT2D eigenvalue weighted by Gasteiger charge is -2.19. The molecule has 1 fully saturated rings. The van der Waals surface area contributed by atoms with Crippen LogP contribution in [0.1, 0.15) is 52.9 Å². The molecule has 0 aromatic carbocycles. The van der Waals surface area contributed by atoms with Crippen LogP contribution in [-0.2, 0) is 0 Å². The standard InChI is InChI=1S/C12H25N/c1-4-10(2)11(3)13-9-5-6-12-7-8-12/h10-13H,4-9H2,1-3H3. The first-order valence-corrected chi connectivity index (χ1v) is 5.97. The zero-order valence-electron chi connectivity index (χ0n) is 9.47. The molecule has 1 nitrogen and oxygen atoms in total. The van der Waals surface area contributed by atoms with Crippen LogP contribution in [-0.4, -0.2) is 12.6 Å². The number of hydrogen-bond acceptors (Lipinski definition) is 1. The Hall–Kier alpha value is -0.0400. The average molecular weight is 183 g/mol. The molecule has 0 amide bonds. The Morgan fingerprint density at radius 1 is 1.31 bits per heavy atom. The molecule has 78 valence electrons. The first-order valence-electron chi connectivity index (χ1n) is 5.97.